The minimum absolute atomic E-state index is 0.486. The van der Waals surface area contributed by atoms with Gasteiger partial charge in [0.25, 0.3) is 0 Å². The van der Waals surface area contributed by atoms with Crippen LogP contribution in [0.2, 0.25) is 0 Å². The zero-order chi connectivity index (χ0) is 11.8. The molecule has 2 nitrogen and oxygen atoms in total. The third-order valence-corrected chi connectivity index (χ3v) is 4.30. The minimum atomic E-state index is 0.486. The smallest absolute Gasteiger partial charge is 0.122 e. The molecule has 0 bridgehead atoms. The van der Waals surface area contributed by atoms with Crippen molar-refractivity contribution in [1.29, 1.82) is 0 Å². The maximum Gasteiger partial charge on any atom is 0.122 e. The second kappa shape index (κ2) is 4.31. The number of rotatable bonds is 2. The normalized spacial score (nSPS) is 13.5. The molecule has 1 aromatic heterocycles. The fourth-order valence-corrected chi connectivity index (χ4v) is 3.14. The van der Waals surface area contributed by atoms with Crippen molar-refractivity contribution >= 4 is 22.9 Å². The predicted molar refractivity (Wildman–Crippen MR) is 71.0 cm³/mol. The minimum Gasteiger partial charge on any atom is -0.493 e. The molecule has 0 saturated carbocycles. The van der Waals surface area contributed by atoms with Crippen molar-refractivity contribution in [1.82, 2.24) is 4.98 Å². The summed E-state index contributed by atoms with van der Waals surface area (Å²) in [4.78, 5) is 5.79. The van der Waals surface area contributed by atoms with Gasteiger partial charge in [0.05, 0.1) is 18.2 Å². The average molecular weight is 266 g/mol. The van der Waals surface area contributed by atoms with Gasteiger partial charge in [0.1, 0.15) is 10.8 Å². The number of hydrogen-bond donors (Lipinski definition) is 0. The molecular weight excluding hydrogens is 254 g/mol. The topological polar surface area (TPSA) is 22.1 Å². The SMILES string of the molecule is Cc1sc(CCl)nc1-c1ccc2c(c1)CCO2. The monoisotopic (exact) mass is 265 g/mol. The molecule has 0 atom stereocenters. The van der Waals surface area contributed by atoms with Crippen LogP contribution in [0.1, 0.15) is 15.4 Å². The lowest BCUT2D eigenvalue weighted by atomic mass is 10.1. The summed E-state index contributed by atoms with van der Waals surface area (Å²) in [6, 6.07) is 6.30. The molecule has 17 heavy (non-hydrogen) atoms. The Labute approximate surface area is 109 Å². The van der Waals surface area contributed by atoms with Crippen LogP contribution >= 0.6 is 22.9 Å². The number of benzene rings is 1. The molecule has 4 heteroatoms. The summed E-state index contributed by atoms with van der Waals surface area (Å²) in [6.45, 7) is 2.88. The lowest BCUT2D eigenvalue weighted by Crippen LogP contribution is -1.85. The van der Waals surface area contributed by atoms with E-state index in [2.05, 4.69) is 24.0 Å². The van der Waals surface area contributed by atoms with Crippen molar-refractivity contribution in [3.8, 4) is 17.0 Å². The van der Waals surface area contributed by atoms with Crippen LogP contribution in [0.15, 0.2) is 18.2 Å². The van der Waals surface area contributed by atoms with Gasteiger partial charge in [-0.05, 0) is 30.7 Å². The van der Waals surface area contributed by atoms with Gasteiger partial charge in [0.15, 0.2) is 0 Å². The highest BCUT2D eigenvalue weighted by atomic mass is 35.5. The van der Waals surface area contributed by atoms with Gasteiger partial charge in [-0.3, -0.25) is 0 Å². The average Bonchev–Trinajstić information content (AvgIpc) is 2.93. The van der Waals surface area contributed by atoms with Crippen molar-refractivity contribution < 1.29 is 4.74 Å². The molecule has 0 fully saturated rings. The zero-order valence-electron chi connectivity index (χ0n) is 9.50. The van der Waals surface area contributed by atoms with E-state index in [1.54, 1.807) is 11.3 Å². The number of halogens is 1. The molecule has 0 N–H and O–H groups in total. The number of ether oxygens (including phenoxy) is 1. The molecule has 0 radical (unpaired) electrons. The van der Waals surface area contributed by atoms with Crippen LogP contribution in [0, 0.1) is 6.92 Å². The molecule has 3 rings (SSSR count). The maximum absolute atomic E-state index is 5.82. The summed E-state index contributed by atoms with van der Waals surface area (Å²) >= 11 is 7.49. The van der Waals surface area contributed by atoms with E-state index in [-0.39, 0.29) is 0 Å². The molecular formula is C13H12ClNOS. The molecule has 1 aromatic carbocycles. The molecule has 2 aromatic rings. The van der Waals surface area contributed by atoms with Gasteiger partial charge in [0, 0.05) is 16.9 Å². The Morgan fingerprint density at radius 2 is 2.35 bits per heavy atom. The standard InChI is InChI=1S/C13H12ClNOS/c1-8-13(15-12(7-14)17-8)10-2-3-11-9(6-10)4-5-16-11/h2-3,6H,4-5,7H2,1H3. The summed E-state index contributed by atoms with van der Waals surface area (Å²) < 4.78 is 5.51. The zero-order valence-corrected chi connectivity index (χ0v) is 11.1. The molecule has 1 aliphatic rings. The highest BCUT2D eigenvalue weighted by Crippen LogP contribution is 2.33. The number of fused-ring (bicyclic) bond motifs is 1. The second-order valence-corrected chi connectivity index (χ2v) is 5.62. The van der Waals surface area contributed by atoms with Gasteiger partial charge in [-0.1, -0.05) is 0 Å². The van der Waals surface area contributed by atoms with Crippen LogP contribution in [0.5, 0.6) is 5.75 Å². The summed E-state index contributed by atoms with van der Waals surface area (Å²) in [5.41, 5.74) is 3.50. The van der Waals surface area contributed by atoms with E-state index in [4.69, 9.17) is 16.3 Å². The molecule has 1 aliphatic heterocycles. The number of thiazole rings is 1. The Kier molecular flexibility index (Phi) is 2.81. The largest absolute Gasteiger partial charge is 0.493 e. The number of aromatic nitrogens is 1. The predicted octanol–water partition coefficient (Wildman–Crippen LogP) is 3.79. The van der Waals surface area contributed by atoms with E-state index >= 15 is 0 Å². The van der Waals surface area contributed by atoms with Crippen molar-refractivity contribution in [2.75, 3.05) is 6.61 Å². The maximum atomic E-state index is 5.82. The molecule has 0 aliphatic carbocycles. The molecule has 2 heterocycles. The lowest BCUT2D eigenvalue weighted by molar-refractivity contribution is 0.357. The summed E-state index contributed by atoms with van der Waals surface area (Å²) in [5.74, 6) is 1.50. The molecule has 0 saturated heterocycles. The van der Waals surface area contributed by atoms with Crippen LogP contribution in [-0.4, -0.2) is 11.6 Å². The fraction of sp³-hybridized carbons (Fsp3) is 0.308. The van der Waals surface area contributed by atoms with E-state index in [9.17, 15) is 0 Å². The van der Waals surface area contributed by atoms with E-state index in [1.807, 2.05) is 6.07 Å². The quantitative estimate of drug-likeness (QED) is 0.771. The second-order valence-electron chi connectivity index (χ2n) is 4.07. The van der Waals surface area contributed by atoms with Gasteiger partial charge in [-0.2, -0.15) is 0 Å². The molecule has 88 valence electrons. The van der Waals surface area contributed by atoms with E-state index in [0.717, 1.165) is 29.5 Å². The third kappa shape index (κ3) is 1.94. The Morgan fingerprint density at radius 1 is 1.47 bits per heavy atom. The first-order chi connectivity index (χ1) is 8.28. The van der Waals surface area contributed by atoms with Crippen molar-refractivity contribution in [2.24, 2.45) is 0 Å². The third-order valence-electron chi connectivity index (χ3n) is 2.92. The Morgan fingerprint density at radius 3 is 3.12 bits per heavy atom. The van der Waals surface area contributed by atoms with Gasteiger partial charge >= 0.3 is 0 Å². The van der Waals surface area contributed by atoms with Crippen molar-refractivity contribution in [3.63, 3.8) is 0 Å². The molecule has 0 spiro atoms. The van der Waals surface area contributed by atoms with Gasteiger partial charge in [-0.25, -0.2) is 4.98 Å². The number of alkyl halides is 1. The summed E-state index contributed by atoms with van der Waals surface area (Å²) in [6.07, 6.45) is 0.995. The van der Waals surface area contributed by atoms with E-state index in [0.29, 0.717) is 5.88 Å². The Balaban J connectivity index is 2.06. The summed E-state index contributed by atoms with van der Waals surface area (Å²) in [5, 5.41) is 0.982. The van der Waals surface area contributed by atoms with Crippen LogP contribution in [0.4, 0.5) is 0 Å². The number of hydrogen-bond acceptors (Lipinski definition) is 3. The van der Waals surface area contributed by atoms with Gasteiger partial charge < -0.3 is 4.74 Å². The Bertz CT molecular complexity index is 565. The fourth-order valence-electron chi connectivity index (χ4n) is 2.11. The number of nitrogens with zero attached hydrogens (tertiary/aromatic N) is 1. The van der Waals surface area contributed by atoms with Crippen molar-refractivity contribution in [2.45, 2.75) is 19.2 Å². The highest BCUT2D eigenvalue weighted by Gasteiger charge is 2.15. The lowest BCUT2D eigenvalue weighted by Gasteiger charge is -2.02. The van der Waals surface area contributed by atoms with Crippen molar-refractivity contribution in [3.05, 3.63) is 33.6 Å². The first-order valence-corrected chi connectivity index (χ1v) is 6.91. The first-order valence-electron chi connectivity index (χ1n) is 5.56. The highest BCUT2D eigenvalue weighted by molar-refractivity contribution is 7.12. The van der Waals surface area contributed by atoms with Gasteiger partial charge in [-0.15, -0.1) is 22.9 Å². The van der Waals surface area contributed by atoms with Crippen LogP contribution in [0.3, 0.4) is 0 Å². The van der Waals surface area contributed by atoms with Crippen LogP contribution < -0.4 is 4.74 Å². The molecule has 0 amide bonds. The van der Waals surface area contributed by atoms with E-state index < -0.39 is 0 Å². The Hall–Kier alpha value is -1.06. The van der Waals surface area contributed by atoms with Crippen LogP contribution in [0.25, 0.3) is 11.3 Å². The van der Waals surface area contributed by atoms with Crippen LogP contribution in [-0.2, 0) is 12.3 Å². The van der Waals surface area contributed by atoms with E-state index in [1.165, 1.54) is 16.0 Å². The van der Waals surface area contributed by atoms with Gasteiger partial charge in [0.2, 0.25) is 0 Å². The first kappa shape index (κ1) is 11.1. The molecule has 0 unspecified atom stereocenters. The number of aryl methyl sites for hydroxylation is 1. The summed E-state index contributed by atoms with van der Waals surface area (Å²) in [7, 11) is 0.